The van der Waals surface area contributed by atoms with Crippen molar-refractivity contribution in [1.29, 1.82) is 0 Å². The van der Waals surface area contributed by atoms with Crippen LogP contribution in [0.2, 0.25) is 0 Å². The van der Waals surface area contributed by atoms with E-state index < -0.39 is 0 Å². The van der Waals surface area contributed by atoms with E-state index in [2.05, 4.69) is 37.4 Å². The third-order valence-corrected chi connectivity index (χ3v) is 3.44. The molecule has 0 aliphatic heterocycles. The summed E-state index contributed by atoms with van der Waals surface area (Å²) < 4.78 is 0. The van der Waals surface area contributed by atoms with E-state index in [4.69, 9.17) is 5.73 Å². The van der Waals surface area contributed by atoms with Crippen molar-refractivity contribution in [2.45, 2.75) is 46.1 Å². The molecule has 3 nitrogen and oxygen atoms in total. The van der Waals surface area contributed by atoms with E-state index in [9.17, 15) is 4.79 Å². The fraction of sp³-hybridized carbons (Fsp3) is 0.562. The van der Waals surface area contributed by atoms with E-state index >= 15 is 0 Å². The highest BCUT2D eigenvalue weighted by molar-refractivity contribution is 5.76. The molecule has 0 spiro atoms. The Morgan fingerprint density at radius 1 is 1.32 bits per heavy atom. The first kappa shape index (κ1) is 15.7. The van der Waals surface area contributed by atoms with Gasteiger partial charge in [-0.1, -0.05) is 36.8 Å². The number of amides is 1. The summed E-state index contributed by atoms with van der Waals surface area (Å²) in [6.45, 7) is 6.93. The van der Waals surface area contributed by atoms with Gasteiger partial charge in [0.1, 0.15) is 0 Å². The van der Waals surface area contributed by atoms with E-state index in [1.807, 2.05) is 13.0 Å². The van der Waals surface area contributed by atoms with Gasteiger partial charge in [-0.3, -0.25) is 4.79 Å². The minimum Gasteiger partial charge on any atom is -0.350 e. The van der Waals surface area contributed by atoms with Crippen LogP contribution in [0.5, 0.6) is 0 Å². The Kier molecular flexibility index (Phi) is 6.57. The van der Waals surface area contributed by atoms with Crippen LogP contribution in [-0.4, -0.2) is 12.5 Å². The lowest BCUT2D eigenvalue weighted by atomic mass is 10.0. The molecule has 0 saturated carbocycles. The highest BCUT2D eigenvalue weighted by Gasteiger charge is 2.11. The molecule has 0 bridgehead atoms. The van der Waals surface area contributed by atoms with Crippen LogP contribution in [0.25, 0.3) is 0 Å². The van der Waals surface area contributed by atoms with Crippen LogP contribution in [-0.2, 0) is 4.79 Å². The summed E-state index contributed by atoms with van der Waals surface area (Å²) in [5, 5.41) is 3.05. The molecular weight excluding hydrogens is 236 g/mol. The predicted octanol–water partition coefficient (Wildman–Crippen LogP) is 2.94. The van der Waals surface area contributed by atoms with Gasteiger partial charge in [-0.25, -0.2) is 0 Å². The zero-order valence-corrected chi connectivity index (χ0v) is 12.3. The molecule has 0 heterocycles. The number of carbonyl (C=O) groups excluding carboxylic acids is 1. The Morgan fingerprint density at radius 2 is 2.05 bits per heavy atom. The number of nitrogens with two attached hydrogens (primary N) is 1. The highest BCUT2D eigenvalue weighted by Crippen LogP contribution is 2.15. The molecule has 1 unspecified atom stereocenters. The van der Waals surface area contributed by atoms with Gasteiger partial charge in [0.05, 0.1) is 6.04 Å². The second-order valence-electron chi connectivity index (χ2n) is 5.42. The topological polar surface area (TPSA) is 55.1 Å². The summed E-state index contributed by atoms with van der Waals surface area (Å²) in [7, 11) is 0. The van der Waals surface area contributed by atoms with E-state index in [0.29, 0.717) is 18.9 Å². The Bertz CT molecular complexity index is 403. The maximum atomic E-state index is 11.9. The summed E-state index contributed by atoms with van der Waals surface area (Å²) >= 11 is 0. The minimum absolute atomic E-state index is 0.0669. The number of aryl methyl sites for hydroxylation is 1. The van der Waals surface area contributed by atoms with E-state index in [0.717, 1.165) is 18.4 Å². The van der Waals surface area contributed by atoms with Crippen molar-refractivity contribution in [1.82, 2.24) is 5.32 Å². The normalized spacial score (nSPS) is 13.9. The van der Waals surface area contributed by atoms with Gasteiger partial charge in [-0.2, -0.15) is 0 Å². The van der Waals surface area contributed by atoms with Crippen molar-refractivity contribution in [3.05, 3.63) is 35.4 Å². The second-order valence-corrected chi connectivity index (χ2v) is 5.42. The van der Waals surface area contributed by atoms with Crippen LogP contribution in [0.4, 0.5) is 0 Å². The first-order valence-electron chi connectivity index (χ1n) is 7.09. The van der Waals surface area contributed by atoms with E-state index in [1.165, 1.54) is 5.56 Å². The molecular formula is C16H26N2O. The van der Waals surface area contributed by atoms with Crippen molar-refractivity contribution in [3.8, 4) is 0 Å². The second kappa shape index (κ2) is 7.95. The molecule has 0 saturated heterocycles. The van der Waals surface area contributed by atoms with Gasteiger partial charge < -0.3 is 11.1 Å². The van der Waals surface area contributed by atoms with Gasteiger partial charge in [0.15, 0.2) is 0 Å². The lowest BCUT2D eigenvalue weighted by Gasteiger charge is -2.16. The standard InChI is InChI=1S/C16H26N2O/c1-12(9-10-17)7-8-16(19)18-14(3)15-6-4-5-13(2)11-15/h4-6,11-12,14H,7-10,17H2,1-3H3,(H,18,19)/t12?,14-/m0/s1. The maximum absolute atomic E-state index is 11.9. The lowest BCUT2D eigenvalue weighted by Crippen LogP contribution is -2.26. The molecule has 106 valence electrons. The number of hydrogen-bond donors (Lipinski definition) is 2. The summed E-state index contributed by atoms with van der Waals surface area (Å²) in [6, 6.07) is 8.32. The highest BCUT2D eigenvalue weighted by atomic mass is 16.1. The Hall–Kier alpha value is -1.35. The average molecular weight is 262 g/mol. The van der Waals surface area contributed by atoms with Crippen molar-refractivity contribution >= 4 is 5.91 Å². The van der Waals surface area contributed by atoms with Crippen LogP contribution in [0.1, 0.15) is 50.3 Å². The quantitative estimate of drug-likeness (QED) is 0.793. The molecule has 3 N–H and O–H groups in total. The summed E-state index contributed by atoms with van der Waals surface area (Å²) in [5.41, 5.74) is 7.88. The van der Waals surface area contributed by atoms with Crippen molar-refractivity contribution < 1.29 is 4.79 Å². The first-order chi connectivity index (χ1) is 9.02. The van der Waals surface area contributed by atoms with Crippen LogP contribution >= 0.6 is 0 Å². The summed E-state index contributed by atoms with van der Waals surface area (Å²) in [6.07, 6.45) is 2.47. The van der Waals surface area contributed by atoms with Gasteiger partial charge >= 0.3 is 0 Å². The molecule has 19 heavy (non-hydrogen) atoms. The molecule has 2 atom stereocenters. The fourth-order valence-corrected chi connectivity index (χ4v) is 2.14. The Morgan fingerprint density at radius 3 is 2.68 bits per heavy atom. The Balaban J connectivity index is 2.40. The number of rotatable bonds is 7. The van der Waals surface area contributed by atoms with Crippen molar-refractivity contribution in [2.75, 3.05) is 6.54 Å². The molecule has 1 amide bonds. The molecule has 1 rings (SSSR count). The Labute approximate surface area is 116 Å². The number of nitrogens with one attached hydrogen (secondary N) is 1. The first-order valence-corrected chi connectivity index (χ1v) is 7.09. The molecule has 0 radical (unpaired) electrons. The predicted molar refractivity (Wildman–Crippen MR) is 79.8 cm³/mol. The monoisotopic (exact) mass is 262 g/mol. The van der Waals surface area contributed by atoms with Gasteiger partial charge in [-0.05, 0) is 44.7 Å². The molecule has 1 aromatic carbocycles. The zero-order valence-electron chi connectivity index (χ0n) is 12.3. The molecule has 0 aliphatic carbocycles. The average Bonchev–Trinajstić information content (AvgIpc) is 2.36. The van der Waals surface area contributed by atoms with Crippen LogP contribution in [0, 0.1) is 12.8 Å². The fourth-order valence-electron chi connectivity index (χ4n) is 2.14. The van der Waals surface area contributed by atoms with Gasteiger partial charge in [0.2, 0.25) is 5.91 Å². The van der Waals surface area contributed by atoms with Crippen molar-refractivity contribution in [3.63, 3.8) is 0 Å². The largest absolute Gasteiger partial charge is 0.350 e. The summed E-state index contributed by atoms with van der Waals surface area (Å²) in [4.78, 5) is 11.9. The molecule has 0 aromatic heterocycles. The number of benzene rings is 1. The molecule has 0 fully saturated rings. The lowest BCUT2D eigenvalue weighted by molar-refractivity contribution is -0.122. The van der Waals surface area contributed by atoms with Crippen LogP contribution in [0.15, 0.2) is 24.3 Å². The molecule has 0 aliphatic rings. The van der Waals surface area contributed by atoms with Gasteiger partial charge in [0, 0.05) is 6.42 Å². The van der Waals surface area contributed by atoms with E-state index in [-0.39, 0.29) is 11.9 Å². The van der Waals surface area contributed by atoms with Crippen molar-refractivity contribution in [2.24, 2.45) is 11.7 Å². The van der Waals surface area contributed by atoms with Crippen LogP contribution in [0.3, 0.4) is 0 Å². The molecule has 1 aromatic rings. The third-order valence-electron chi connectivity index (χ3n) is 3.44. The van der Waals surface area contributed by atoms with Gasteiger partial charge in [-0.15, -0.1) is 0 Å². The smallest absolute Gasteiger partial charge is 0.220 e. The molecule has 3 heteroatoms. The van der Waals surface area contributed by atoms with E-state index in [1.54, 1.807) is 0 Å². The minimum atomic E-state index is 0.0669. The van der Waals surface area contributed by atoms with Crippen LogP contribution < -0.4 is 11.1 Å². The maximum Gasteiger partial charge on any atom is 0.220 e. The number of carbonyl (C=O) groups is 1. The summed E-state index contributed by atoms with van der Waals surface area (Å²) in [5.74, 6) is 0.642. The van der Waals surface area contributed by atoms with Gasteiger partial charge in [0.25, 0.3) is 0 Å². The third kappa shape index (κ3) is 5.88. The zero-order chi connectivity index (χ0) is 14.3. The SMILES string of the molecule is Cc1cccc([C@H](C)NC(=O)CCC(C)CCN)c1. The number of hydrogen-bond acceptors (Lipinski definition) is 2.